The molecule has 0 saturated carbocycles. The predicted octanol–water partition coefficient (Wildman–Crippen LogP) is 2.83. The van der Waals surface area contributed by atoms with Crippen molar-refractivity contribution >= 4 is 5.96 Å². The van der Waals surface area contributed by atoms with Crippen LogP contribution in [0.3, 0.4) is 0 Å². The van der Waals surface area contributed by atoms with Gasteiger partial charge in [0.15, 0.2) is 11.7 Å². The van der Waals surface area contributed by atoms with Crippen molar-refractivity contribution in [3.63, 3.8) is 0 Å². The normalized spacial score (nSPS) is 19.6. The van der Waals surface area contributed by atoms with Crippen LogP contribution in [0, 0.1) is 11.8 Å². The first-order chi connectivity index (χ1) is 12.0. The largest absolute Gasteiger partial charge is 0.359 e. The molecule has 0 bridgehead atoms. The van der Waals surface area contributed by atoms with Crippen LogP contribution in [-0.2, 0) is 6.54 Å². The van der Waals surface area contributed by atoms with Gasteiger partial charge in [-0.3, -0.25) is 4.99 Å². The smallest absolute Gasteiger partial charge is 0.191 e. The molecule has 0 radical (unpaired) electrons. The van der Waals surface area contributed by atoms with Crippen molar-refractivity contribution in [3.8, 4) is 0 Å². The van der Waals surface area contributed by atoms with Crippen LogP contribution < -0.4 is 10.6 Å². The summed E-state index contributed by atoms with van der Waals surface area (Å²) in [6.45, 7) is 14.0. The summed E-state index contributed by atoms with van der Waals surface area (Å²) in [5.74, 6) is 3.47. The number of nitrogens with zero attached hydrogens (tertiary/aromatic N) is 3. The second-order valence-corrected chi connectivity index (χ2v) is 7.84. The molecule has 2 rings (SSSR count). The molecular formula is C19H35N5O. The standard InChI is InChI=1S/C19H35N5O/c1-14(2)12-24-8-6-7-16(13-24)10-21-19(20-5)22-11-17-9-18(15(3)4)23-25-17/h9,14-16H,6-8,10-13H2,1-5H3,(H2,20,21,22). The van der Waals surface area contributed by atoms with Crippen LogP contribution in [0.2, 0.25) is 0 Å². The van der Waals surface area contributed by atoms with Crippen LogP contribution in [-0.4, -0.2) is 49.2 Å². The molecular weight excluding hydrogens is 314 g/mol. The molecule has 2 N–H and O–H groups in total. The molecule has 2 heterocycles. The van der Waals surface area contributed by atoms with Crippen LogP contribution >= 0.6 is 0 Å². The number of likely N-dealkylation sites (tertiary alicyclic amines) is 1. The van der Waals surface area contributed by atoms with Crippen molar-refractivity contribution in [1.29, 1.82) is 0 Å². The topological polar surface area (TPSA) is 65.7 Å². The van der Waals surface area contributed by atoms with E-state index < -0.39 is 0 Å². The lowest BCUT2D eigenvalue weighted by Gasteiger charge is -2.34. The molecule has 1 unspecified atom stereocenters. The van der Waals surface area contributed by atoms with E-state index in [0.29, 0.717) is 18.4 Å². The van der Waals surface area contributed by atoms with Gasteiger partial charge in [0.2, 0.25) is 0 Å². The molecule has 1 fully saturated rings. The van der Waals surface area contributed by atoms with Gasteiger partial charge in [0.1, 0.15) is 0 Å². The van der Waals surface area contributed by atoms with E-state index in [-0.39, 0.29) is 0 Å². The fourth-order valence-electron chi connectivity index (χ4n) is 3.32. The van der Waals surface area contributed by atoms with Crippen LogP contribution in [0.15, 0.2) is 15.6 Å². The first kappa shape index (κ1) is 19.8. The summed E-state index contributed by atoms with van der Waals surface area (Å²) in [6.07, 6.45) is 2.58. The summed E-state index contributed by atoms with van der Waals surface area (Å²) < 4.78 is 5.36. The maximum atomic E-state index is 5.36. The molecule has 0 amide bonds. The summed E-state index contributed by atoms with van der Waals surface area (Å²) in [7, 11) is 1.81. The highest BCUT2D eigenvalue weighted by Gasteiger charge is 2.20. The number of hydrogen-bond donors (Lipinski definition) is 2. The number of nitrogens with one attached hydrogen (secondary N) is 2. The molecule has 6 nitrogen and oxygen atoms in total. The van der Waals surface area contributed by atoms with E-state index >= 15 is 0 Å². The van der Waals surface area contributed by atoms with Gasteiger partial charge in [-0.15, -0.1) is 0 Å². The second-order valence-electron chi connectivity index (χ2n) is 7.84. The van der Waals surface area contributed by atoms with Crippen molar-refractivity contribution in [2.75, 3.05) is 33.2 Å². The molecule has 6 heteroatoms. The monoisotopic (exact) mass is 349 g/mol. The summed E-state index contributed by atoms with van der Waals surface area (Å²) in [6, 6.07) is 2.01. The maximum absolute atomic E-state index is 5.36. The van der Waals surface area contributed by atoms with Crippen LogP contribution in [0.5, 0.6) is 0 Å². The van der Waals surface area contributed by atoms with Gasteiger partial charge in [0, 0.05) is 32.7 Å². The van der Waals surface area contributed by atoms with Crippen LogP contribution in [0.4, 0.5) is 0 Å². The van der Waals surface area contributed by atoms with E-state index in [9.17, 15) is 0 Å². The predicted molar refractivity (Wildman–Crippen MR) is 103 cm³/mol. The highest BCUT2D eigenvalue weighted by Crippen LogP contribution is 2.17. The minimum atomic E-state index is 0.384. The minimum Gasteiger partial charge on any atom is -0.359 e. The summed E-state index contributed by atoms with van der Waals surface area (Å²) in [5, 5.41) is 10.9. The average molecular weight is 350 g/mol. The zero-order chi connectivity index (χ0) is 18.2. The molecule has 142 valence electrons. The van der Waals surface area contributed by atoms with Crippen molar-refractivity contribution in [1.82, 2.24) is 20.7 Å². The lowest BCUT2D eigenvalue weighted by molar-refractivity contribution is 0.159. The molecule has 1 aliphatic rings. The van der Waals surface area contributed by atoms with E-state index in [1.807, 2.05) is 6.07 Å². The summed E-state index contributed by atoms with van der Waals surface area (Å²) in [5.41, 5.74) is 0.993. The Morgan fingerprint density at radius 3 is 2.80 bits per heavy atom. The molecule has 25 heavy (non-hydrogen) atoms. The number of guanidine groups is 1. The highest BCUT2D eigenvalue weighted by atomic mass is 16.5. The number of rotatable bonds is 7. The highest BCUT2D eigenvalue weighted by molar-refractivity contribution is 5.79. The lowest BCUT2D eigenvalue weighted by atomic mass is 9.97. The van der Waals surface area contributed by atoms with Crippen molar-refractivity contribution in [2.24, 2.45) is 16.8 Å². The third-order valence-corrected chi connectivity index (χ3v) is 4.61. The van der Waals surface area contributed by atoms with E-state index in [0.717, 1.165) is 29.9 Å². The van der Waals surface area contributed by atoms with Gasteiger partial charge >= 0.3 is 0 Å². The van der Waals surface area contributed by atoms with Gasteiger partial charge in [0.25, 0.3) is 0 Å². The van der Waals surface area contributed by atoms with E-state index in [4.69, 9.17) is 4.52 Å². The molecule has 0 spiro atoms. The van der Waals surface area contributed by atoms with Gasteiger partial charge in [0.05, 0.1) is 12.2 Å². The lowest BCUT2D eigenvalue weighted by Crippen LogP contribution is -2.44. The van der Waals surface area contributed by atoms with Crippen LogP contribution in [0.25, 0.3) is 0 Å². The van der Waals surface area contributed by atoms with Gasteiger partial charge in [-0.2, -0.15) is 0 Å². The third-order valence-electron chi connectivity index (χ3n) is 4.61. The Hall–Kier alpha value is -1.56. The number of aromatic nitrogens is 1. The van der Waals surface area contributed by atoms with E-state index in [2.05, 4.69) is 53.4 Å². The van der Waals surface area contributed by atoms with Gasteiger partial charge in [-0.05, 0) is 37.1 Å². The Labute approximate surface area is 152 Å². The zero-order valence-electron chi connectivity index (χ0n) is 16.5. The zero-order valence-corrected chi connectivity index (χ0v) is 16.5. The number of hydrogen-bond acceptors (Lipinski definition) is 4. The molecule has 1 aliphatic heterocycles. The SMILES string of the molecule is CN=C(NCc1cc(C(C)C)no1)NCC1CCCN(CC(C)C)C1. The Balaban J connectivity index is 1.74. The molecule has 0 aromatic carbocycles. The van der Waals surface area contributed by atoms with Crippen molar-refractivity contribution < 1.29 is 4.52 Å². The Morgan fingerprint density at radius 2 is 2.16 bits per heavy atom. The fraction of sp³-hybridized carbons (Fsp3) is 0.789. The average Bonchev–Trinajstić information content (AvgIpc) is 3.04. The second kappa shape index (κ2) is 9.80. The maximum Gasteiger partial charge on any atom is 0.191 e. The first-order valence-electron chi connectivity index (χ1n) is 9.60. The van der Waals surface area contributed by atoms with E-state index in [1.165, 1.54) is 32.5 Å². The molecule has 1 saturated heterocycles. The Kier molecular flexibility index (Phi) is 7.75. The fourth-order valence-corrected chi connectivity index (χ4v) is 3.32. The molecule has 0 aliphatic carbocycles. The number of piperidine rings is 1. The van der Waals surface area contributed by atoms with Gasteiger partial charge in [-0.25, -0.2) is 0 Å². The number of aliphatic imine (C=N–C) groups is 1. The van der Waals surface area contributed by atoms with Crippen molar-refractivity contribution in [3.05, 3.63) is 17.5 Å². The third kappa shape index (κ3) is 6.69. The van der Waals surface area contributed by atoms with Gasteiger partial charge in [-0.1, -0.05) is 32.9 Å². The first-order valence-corrected chi connectivity index (χ1v) is 9.60. The van der Waals surface area contributed by atoms with Crippen LogP contribution in [0.1, 0.15) is 57.9 Å². The van der Waals surface area contributed by atoms with Gasteiger partial charge < -0.3 is 20.1 Å². The molecule has 1 aromatic heterocycles. The van der Waals surface area contributed by atoms with E-state index in [1.54, 1.807) is 7.05 Å². The quantitative estimate of drug-likeness (QED) is 0.585. The molecule has 1 atom stereocenters. The van der Waals surface area contributed by atoms with Crippen molar-refractivity contribution in [2.45, 2.75) is 53.0 Å². The molecule has 1 aromatic rings. The summed E-state index contributed by atoms with van der Waals surface area (Å²) in [4.78, 5) is 6.91. The Morgan fingerprint density at radius 1 is 1.36 bits per heavy atom. The minimum absolute atomic E-state index is 0.384. The Bertz CT molecular complexity index is 538. The summed E-state index contributed by atoms with van der Waals surface area (Å²) >= 11 is 0.